The molecule has 6 nitrogen and oxygen atoms in total. The van der Waals surface area contributed by atoms with Crippen LogP contribution < -0.4 is 15.4 Å². The van der Waals surface area contributed by atoms with E-state index in [0.29, 0.717) is 12.3 Å². The number of hydrogen-bond acceptors (Lipinski definition) is 5. The number of carbonyl (C=O) groups excluding carboxylic acids is 2. The number of aryl methyl sites for hydroxylation is 5. The number of hydrogen-bond donors (Lipinski definition) is 2. The summed E-state index contributed by atoms with van der Waals surface area (Å²) in [6, 6.07) is 8.09. The zero-order chi connectivity index (χ0) is 21.6. The number of anilines is 1. The molecule has 0 aliphatic heterocycles. The van der Waals surface area contributed by atoms with E-state index < -0.39 is 5.97 Å². The predicted octanol–water partition coefficient (Wildman–Crippen LogP) is 3.51. The lowest BCUT2D eigenvalue weighted by Crippen LogP contribution is -2.28. The molecule has 0 fully saturated rings. The van der Waals surface area contributed by atoms with Gasteiger partial charge in [0.25, 0.3) is 0 Å². The molecule has 2 aromatic rings. The highest BCUT2D eigenvalue weighted by molar-refractivity contribution is 5.93. The third-order valence-electron chi connectivity index (χ3n) is 4.64. The maximum atomic E-state index is 12.3. The topological polar surface area (TPSA) is 76.7 Å². The number of benzene rings is 2. The van der Waals surface area contributed by atoms with Crippen molar-refractivity contribution in [1.82, 2.24) is 5.32 Å². The first kappa shape index (κ1) is 22.4. The fourth-order valence-electron chi connectivity index (χ4n) is 3.44. The molecule has 29 heavy (non-hydrogen) atoms. The molecule has 2 rings (SSSR count). The second kappa shape index (κ2) is 10.1. The van der Waals surface area contributed by atoms with Gasteiger partial charge in [0.1, 0.15) is 5.75 Å². The van der Waals surface area contributed by atoms with Crippen molar-refractivity contribution in [2.24, 2.45) is 0 Å². The fraction of sp³-hybridized carbons (Fsp3) is 0.391. The lowest BCUT2D eigenvalue weighted by Gasteiger charge is -2.15. The van der Waals surface area contributed by atoms with Crippen LogP contribution in [0.1, 0.15) is 33.4 Å². The standard InChI is InChI=1S/C23H30N2O4/c1-14-7-15(2)22(16(3)8-14)25-20(26)12-24-11-19-9-17(4)23(18(5)10-19)29-13-21(27)28-6/h7-10,24H,11-13H2,1-6H3,(H,25,26). The van der Waals surface area contributed by atoms with E-state index in [1.54, 1.807) is 0 Å². The molecule has 0 saturated heterocycles. The molecule has 0 heterocycles. The molecule has 0 atom stereocenters. The van der Waals surface area contributed by atoms with Gasteiger partial charge in [0.15, 0.2) is 6.61 Å². The van der Waals surface area contributed by atoms with E-state index in [2.05, 4.69) is 27.5 Å². The van der Waals surface area contributed by atoms with Gasteiger partial charge in [0.05, 0.1) is 13.7 Å². The maximum Gasteiger partial charge on any atom is 0.343 e. The molecule has 0 aliphatic rings. The molecule has 2 aromatic carbocycles. The van der Waals surface area contributed by atoms with Crippen LogP contribution in [-0.4, -0.2) is 32.1 Å². The third kappa shape index (κ3) is 6.32. The highest BCUT2D eigenvalue weighted by Gasteiger charge is 2.11. The fourth-order valence-corrected chi connectivity index (χ4v) is 3.44. The minimum absolute atomic E-state index is 0.0773. The monoisotopic (exact) mass is 398 g/mol. The largest absolute Gasteiger partial charge is 0.481 e. The molecule has 0 unspecified atom stereocenters. The Kier molecular flexibility index (Phi) is 7.79. The molecular weight excluding hydrogens is 368 g/mol. The average Bonchev–Trinajstić information content (AvgIpc) is 2.63. The van der Waals surface area contributed by atoms with E-state index in [1.165, 1.54) is 12.7 Å². The van der Waals surface area contributed by atoms with Crippen LogP contribution in [0, 0.1) is 34.6 Å². The van der Waals surface area contributed by atoms with Crippen LogP contribution in [-0.2, 0) is 20.9 Å². The van der Waals surface area contributed by atoms with Gasteiger partial charge >= 0.3 is 5.97 Å². The van der Waals surface area contributed by atoms with Gasteiger partial charge in [0.2, 0.25) is 5.91 Å². The smallest absolute Gasteiger partial charge is 0.343 e. The van der Waals surface area contributed by atoms with Crippen LogP contribution in [0.3, 0.4) is 0 Å². The molecule has 156 valence electrons. The predicted molar refractivity (Wildman–Crippen MR) is 114 cm³/mol. The number of ether oxygens (including phenoxy) is 2. The van der Waals surface area contributed by atoms with E-state index in [1.807, 2.05) is 46.8 Å². The first-order valence-corrected chi connectivity index (χ1v) is 9.59. The summed E-state index contributed by atoms with van der Waals surface area (Å²) in [7, 11) is 1.33. The van der Waals surface area contributed by atoms with E-state index in [9.17, 15) is 9.59 Å². The average molecular weight is 399 g/mol. The van der Waals surface area contributed by atoms with Gasteiger partial charge in [-0.05, 0) is 62.4 Å². The molecule has 0 aliphatic carbocycles. The summed E-state index contributed by atoms with van der Waals surface area (Å²) in [6.07, 6.45) is 0. The van der Waals surface area contributed by atoms with Crippen molar-refractivity contribution in [1.29, 1.82) is 0 Å². The lowest BCUT2D eigenvalue weighted by molar-refractivity contribution is -0.142. The Morgan fingerprint density at radius 2 is 1.48 bits per heavy atom. The van der Waals surface area contributed by atoms with Gasteiger partial charge in [-0.1, -0.05) is 29.8 Å². The van der Waals surface area contributed by atoms with Gasteiger partial charge in [-0.15, -0.1) is 0 Å². The minimum Gasteiger partial charge on any atom is -0.481 e. The molecule has 6 heteroatoms. The Labute approximate surface area is 172 Å². The Morgan fingerprint density at radius 1 is 0.897 bits per heavy atom. The number of esters is 1. The van der Waals surface area contributed by atoms with Gasteiger partial charge in [-0.25, -0.2) is 4.79 Å². The quantitative estimate of drug-likeness (QED) is 0.666. The van der Waals surface area contributed by atoms with Gasteiger partial charge in [0, 0.05) is 12.2 Å². The van der Waals surface area contributed by atoms with Crippen LogP contribution >= 0.6 is 0 Å². The number of nitrogens with one attached hydrogen (secondary N) is 2. The molecule has 0 spiro atoms. The highest BCUT2D eigenvalue weighted by atomic mass is 16.6. The van der Waals surface area contributed by atoms with Crippen LogP contribution in [0.4, 0.5) is 5.69 Å². The van der Waals surface area contributed by atoms with E-state index in [0.717, 1.165) is 33.5 Å². The van der Waals surface area contributed by atoms with Crippen molar-refractivity contribution in [3.63, 3.8) is 0 Å². The van der Waals surface area contributed by atoms with Crippen LogP contribution in [0.2, 0.25) is 0 Å². The summed E-state index contributed by atoms with van der Waals surface area (Å²) in [5.41, 5.74) is 7.08. The molecule has 0 saturated carbocycles. The van der Waals surface area contributed by atoms with Crippen molar-refractivity contribution in [2.75, 3.05) is 25.6 Å². The summed E-state index contributed by atoms with van der Waals surface area (Å²) in [5, 5.41) is 6.17. The maximum absolute atomic E-state index is 12.3. The molecule has 1 amide bonds. The summed E-state index contributed by atoms with van der Waals surface area (Å²) >= 11 is 0. The zero-order valence-electron chi connectivity index (χ0n) is 18.1. The normalized spacial score (nSPS) is 10.6. The van der Waals surface area contributed by atoms with Crippen LogP contribution in [0.15, 0.2) is 24.3 Å². The van der Waals surface area contributed by atoms with Gasteiger partial charge in [-0.3, -0.25) is 4.79 Å². The summed E-state index contributed by atoms with van der Waals surface area (Å²) in [5.74, 6) is 0.188. The zero-order valence-corrected chi connectivity index (χ0v) is 18.1. The molecule has 0 radical (unpaired) electrons. The summed E-state index contributed by atoms with van der Waals surface area (Å²) in [6.45, 7) is 10.6. The Balaban J connectivity index is 1.92. The minimum atomic E-state index is -0.417. The van der Waals surface area contributed by atoms with Crippen molar-refractivity contribution < 1.29 is 19.1 Å². The second-order valence-electron chi connectivity index (χ2n) is 7.35. The Morgan fingerprint density at radius 3 is 2.03 bits per heavy atom. The summed E-state index contributed by atoms with van der Waals surface area (Å²) < 4.78 is 10.2. The number of methoxy groups -OCH3 is 1. The molecular formula is C23H30N2O4. The van der Waals surface area contributed by atoms with E-state index in [4.69, 9.17) is 4.74 Å². The Bertz CT molecular complexity index is 860. The number of rotatable bonds is 8. The van der Waals surface area contributed by atoms with Crippen LogP contribution in [0.5, 0.6) is 5.75 Å². The van der Waals surface area contributed by atoms with Crippen molar-refractivity contribution >= 4 is 17.6 Å². The Hall–Kier alpha value is -2.86. The van der Waals surface area contributed by atoms with Gasteiger partial charge < -0.3 is 20.1 Å². The highest BCUT2D eigenvalue weighted by Crippen LogP contribution is 2.25. The first-order valence-electron chi connectivity index (χ1n) is 9.59. The third-order valence-corrected chi connectivity index (χ3v) is 4.64. The number of amides is 1. The number of carbonyl (C=O) groups is 2. The second-order valence-corrected chi connectivity index (χ2v) is 7.35. The SMILES string of the molecule is COC(=O)COc1c(C)cc(CNCC(=O)Nc2c(C)cc(C)cc2C)cc1C. The van der Waals surface area contributed by atoms with Crippen LogP contribution in [0.25, 0.3) is 0 Å². The van der Waals surface area contributed by atoms with E-state index >= 15 is 0 Å². The van der Waals surface area contributed by atoms with Gasteiger partial charge in [-0.2, -0.15) is 0 Å². The molecule has 0 aromatic heterocycles. The van der Waals surface area contributed by atoms with Crippen molar-refractivity contribution in [3.8, 4) is 5.75 Å². The molecule has 2 N–H and O–H groups in total. The van der Waals surface area contributed by atoms with Crippen molar-refractivity contribution in [3.05, 3.63) is 57.6 Å². The van der Waals surface area contributed by atoms with Crippen molar-refractivity contribution in [2.45, 2.75) is 41.2 Å². The van der Waals surface area contributed by atoms with E-state index in [-0.39, 0.29) is 19.1 Å². The summed E-state index contributed by atoms with van der Waals surface area (Å²) in [4.78, 5) is 23.6. The molecule has 0 bridgehead atoms. The first-order chi connectivity index (χ1) is 13.7. The lowest BCUT2D eigenvalue weighted by atomic mass is 10.0.